The van der Waals surface area contributed by atoms with Gasteiger partial charge in [0, 0.05) is 25.0 Å². The van der Waals surface area contributed by atoms with Crippen molar-refractivity contribution in [3.63, 3.8) is 0 Å². The number of aromatic nitrogens is 1. The standard InChI is InChI=1S/C14H15F3N2/c1-10(19-9-11-6-7-18-8-11)12-2-4-13(5-3-12)14(15,16)17/h2-8,10,18-19H,9H2,1H3. The summed E-state index contributed by atoms with van der Waals surface area (Å²) in [5, 5.41) is 3.26. The molecule has 5 heteroatoms. The minimum Gasteiger partial charge on any atom is -0.367 e. The van der Waals surface area contributed by atoms with Crippen molar-refractivity contribution in [1.29, 1.82) is 0 Å². The largest absolute Gasteiger partial charge is 0.416 e. The Hall–Kier alpha value is -1.75. The van der Waals surface area contributed by atoms with Crippen molar-refractivity contribution in [2.24, 2.45) is 0 Å². The van der Waals surface area contributed by atoms with Crippen molar-refractivity contribution < 1.29 is 13.2 Å². The lowest BCUT2D eigenvalue weighted by Crippen LogP contribution is -2.18. The monoisotopic (exact) mass is 268 g/mol. The lowest BCUT2D eigenvalue weighted by atomic mass is 10.1. The molecule has 0 aliphatic heterocycles. The first-order valence-corrected chi connectivity index (χ1v) is 5.99. The van der Waals surface area contributed by atoms with E-state index in [1.807, 2.05) is 25.4 Å². The molecule has 102 valence electrons. The van der Waals surface area contributed by atoms with Crippen LogP contribution in [0.4, 0.5) is 13.2 Å². The number of hydrogen-bond acceptors (Lipinski definition) is 1. The number of rotatable bonds is 4. The van der Waals surface area contributed by atoms with Gasteiger partial charge in [-0.15, -0.1) is 0 Å². The van der Waals surface area contributed by atoms with E-state index in [2.05, 4.69) is 10.3 Å². The number of alkyl halides is 3. The molecule has 2 rings (SSSR count). The average Bonchev–Trinajstić information content (AvgIpc) is 2.88. The fourth-order valence-electron chi connectivity index (χ4n) is 1.82. The first-order chi connectivity index (χ1) is 8.97. The van der Waals surface area contributed by atoms with Crippen molar-refractivity contribution >= 4 is 0 Å². The second-order valence-corrected chi connectivity index (χ2v) is 4.44. The lowest BCUT2D eigenvalue weighted by molar-refractivity contribution is -0.137. The third-order valence-corrected chi connectivity index (χ3v) is 3.01. The summed E-state index contributed by atoms with van der Waals surface area (Å²) in [4.78, 5) is 2.95. The van der Waals surface area contributed by atoms with Gasteiger partial charge in [0.1, 0.15) is 0 Å². The van der Waals surface area contributed by atoms with Gasteiger partial charge in [-0.05, 0) is 36.2 Å². The van der Waals surface area contributed by atoms with Crippen molar-refractivity contribution in [1.82, 2.24) is 10.3 Å². The Morgan fingerprint density at radius 1 is 1.16 bits per heavy atom. The van der Waals surface area contributed by atoms with Crippen LogP contribution in [-0.2, 0) is 12.7 Å². The van der Waals surface area contributed by atoms with Crippen LogP contribution in [0.25, 0.3) is 0 Å². The quantitative estimate of drug-likeness (QED) is 0.865. The zero-order valence-electron chi connectivity index (χ0n) is 10.5. The summed E-state index contributed by atoms with van der Waals surface area (Å²) >= 11 is 0. The number of benzene rings is 1. The summed E-state index contributed by atoms with van der Waals surface area (Å²) in [6.45, 7) is 2.60. The number of aromatic amines is 1. The summed E-state index contributed by atoms with van der Waals surface area (Å²) < 4.78 is 37.3. The van der Waals surface area contributed by atoms with Gasteiger partial charge in [0.2, 0.25) is 0 Å². The molecule has 0 amide bonds. The maximum atomic E-state index is 12.4. The van der Waals surface area contributed by atoms with Gasteiger partial charge in [0.25, 0.3) is 0 Å². The number of nitrogens with one attached hydrogen (secondary N) is 2. The highest BCUT2D eigenvalue weighted by molar-refractivity contribution is 5.26. The summed E-state index contributed by atoms with van der Waals surface area (Å²) in [5.41, 5.74) is 1.33. The molecule has 1 atom stereocenters. The van der Waals surface area contributed by atoms with E-state index in [1.54, 1.807) is 0 Å². The molecule has 0 spiro atoms. The van der Waals surface area contributed by atoms with Crippen LogP contribution in [0.5, 0.6) is 0 Å². The molecule has 0 bridgehead atoms. The first kappa shape index (κ1) is 13.7. The van der Waals surface area contributed by atoms with Crippen LogP contribution in [0.2, 0.25) is 0 Å². The predicted octanol–water partition coefficient (Wildman–Crippen LogP) is 3.88. The third-order valence-electron chi connectivity index (χ3n) is 3.01. The summed E-state index contributed by atoms with van der Waals surface area (Å²) in [6, 6.07) is 7.20. The molecule has 2 N–H and O–H groups in total. The molecule has 0 radical (unpaired) electrons. The average molecular weight is 268 g/mol. The Morgan fingerprint density at radius 3 is 2.37 bits per heavy atom. The third kappa shape index (κ3) is 3.61. The van der Waals surface area contributed by atoms with Gasteiger partial charge >= 0.3 is 6.18 Å². The van der Waals surface area contributed by atoms with E-state index in [9.17, 15) is 13.2 Å². The minimum atomic E-state index is -4.28. The highest BCUT2D eigenvalue weighted by Gasteiger charge is 2.30. The summed E-state index contributed by atoms with van der Waals surface area (Å²) in [5.74, 6) is 0. The Morgan fingerprint density at radius 2 is 1.84 bits per heavy atom. The van der Waals surface area contributed by atoms with E-state index in [0.717, 1.165) is 23.3 Å². The van der Waals surface area contributed by atoms with Crippen LogP contribution in [0.1, 0.15) is 29.7 Å². The van der Waals surface area contributed by atoms with Gasteiger partial charge in [-0.3, -0.25) is 0 Å². The molecule has 1 aromatic heterocycles. The van der Waals surface area contributed by atoms with Crippen LogP contribution < -0.4 is 5.32 Å². The summed E-state index contributed by atoms with van der Waals surface area (Å²) in [6.07, 6.45) is -0.563. The maximum Gasteiger partial charge on any atom is 0.416 e. The van der Waals surface area contributed by atoms with Gasteiger partial charge in [-0.2, -0.15) is 13.2 Å². The van der Waals surface area contributed by atoms with Crippen molar-refractivity contribution in [2.75, 3.05) is 0 Å². The van der Waals surface area contributed by atoms with Crippen LogP contribution in [0.15, 0.2) is 42.7 Å². The second kappa shape index (κ2) is 5.48. The minimum absolute atomic E-state index is 0.00261. The molecule has 2 nitrogen and oxygen atoms in total. The van der Waals surface area contributed by atoms with E-state index < -0.39 is 11.7 Å². The van der Waals surface area contributed by atoms with Crippen molar-refractivity contribution in [3.8, 4) is 0 Å². The molecule has 1 heterocycles. The Balaban J connectivity index is 1.97. The van der Waals surface area contributed by atoms with Crippen LogP contribution in [0, 0.1) is 0 Å². The Labute approximate surface area is 109 Å². The highest BCUT2D eigenvalue weighted by Crippen LogP contribution is 2.29. The molecule has 1 aromatic carbocycles. The first-order valence-electron chi connectivity index (χ1n) is 5.99. The molecule has 2 aromatic rings. The molecular weight excluding hydrogens is 253 g/mol. The number of halogens is 3. The van der Waals surface area contributed by atoms with Gasteiger partial charge in [-0.25, -0.2) is 0 Å². The molecule has 0 saturated carbocycles. The highest BCUT2D eigenvalue weighted by atomic mass is 19.4. The van der Waals surface area contributed by atoms with E-state index in [-0.39, 0.29) is 6.04 Å². The lowest BCUT2D eigenvalue weighted by Gasteiger charge is -2.15. The van der Waals surface area contributed by atoms with Crippen LogP contribution in [-0.4, -0.2) is 4.98 Å². The smallest absolute Gasteiger partial charge is 0.367 e. The van der Waals surface area contributed by atoms with Gasteiger partial charge < -0.3 is 10.3 Å². The second-order valence-electron chi connectivity index (χ2n) is 4.44. The normalized spacial score (nSPS) is 13.5. The Kier molecular flexibility index (Phi) is 3.95. The molecule has 0 aliphatic carbocycles. The summed E-state index contributed by atoms with van der Waals surface area (Å²) in [7, 11) is 0. The molecule has 1 unspecified atom stereocenters. The van der Waals surface area contributed by atoms with E-state index >= 15 is 0 Å². The zero-order valence-corrected chi connectivity index (χ0v) is 10.5. The van der Waals surface area contributed by atoms with E-state index in [4.69, 9.17) is 0 Å². The number of hydrogen-bond donors (Lipinski definition) is 2. The van der Waals surface area contributed by atoms with E-state index in [1.165, 1.54) is 12.1 Å². The van der Waals surface area contributed by atoms with Crippen LogP contribution >= 0.6 is 0 Å². The van der Waals surface area contributed by atoms with Crippen molar-refractivity contribution in [2.45, 2.75) is 25.7 Å². The fourth-order valence-corrected chi connectivity index (χ4v) is 1.82. The van der Waals surface area contributed by atoms with E-state index in [0.29, 0.717) is 6.54 Å². The number of H-pyrrole nitrogens is 1. The fraction of sp³-hybridized carbons (Fsp3) is 0.286. The van der Waals surface area contributed by atoms with Crippen LogP contribution in [0.3, 0.4) is 0 Å². The molecule has 19 heavy (non-hydrogen) atoms. The molecule has 0 fully saturated rings. The predicted molar refractivity (Wildman–Crippen MR) is 67.5 cm³/mol. The van der Waals surface area contributed by atoms with Gasteiger partial charge in [0.15, 0.2) is 0 Å². The topological polar surface area (TPSA) is 27.8 Å². The maximum absolute atomic E-state index is 12.4. The van der Waals surface area contributed by atoms with Gasteiger partial charge in [-0.1, -0.05) is 12.1 Å². The molecule has 0 saturated heterocycles. The molecular formula is C14H15F3N2. The van der Waals surface area contributed by atoms with Gasteiger partial charge in [0.05, 0.1) is 5.56 Å². The molecule has 0 aliphatic rings. The SMILES string of the molecule is CC(NCc1cc[nH]c1)c1ccc(C(F)(F)F)cc1. The van der Waals surface area contributed by atoms with Crippen molar-refractivity contribution in [3.05, 3.63) is 59.4 Å². The zero-order chi connectivity index (χ0) is 13.9. The Bertz CT molecular complexity index is 500.